The van der Waals surface area contributed by atoms with E-state index in [9.17, 15) is 0 Å². The minimum Gasteiger partial charge on any atom is -0.492 e. The van der Waals surface area contributed by atoms with Crippen molar-refractivity contribution in [2.45, 2.75) is 27.7 Å². The largest absolute Gasteiger partial charge is 0.492 e. The summed E-state index contributed by atoms with van der Waals surface area (Å²) in [6.45, 7) is 9.76. The average Bonchev–Trinajstić information content (AvgIpc) is 2.47. The van der Waals surface area contributed by atoms with Crippen molar-refractivity contribution in [2.24, 2.45) is 5.92 Å². The summed E-state index contributed by atoms with van der Waals surface area (Å²) >= 11 is 0. The van der Waals surface area contributed by atoms with E-state index in [0.717, 1.165) is 29.5 Å². The van der Waals surface area contributed by atoms with Gasteiger partial charge in [-0.05, 0) is 31.9 Å². The first-order valence-electron chi connectivity index (χ1n) is 7.67. The van der Waals surface area contributed by atoms with Crippen LogP contribution in [0.1, 0.15) is 26.5 Å². The number of rotatable bonds is 7. The van der Waals surface area contributed by atoms with Gasteiger partial charge in [-0.25, -0.2) is 4.98 Å². The van der Waals surface area contributed by atoms with E-state index in [-0.39, 0.29) is 0 Å². The Bertz CT molecular complexity index is 613. The molecule has 2 rings (SSSR count). The second-order valence-corrected chi connectivity index (χ2v) is 5.55. The molecule has 0 fully saturated rings. The number of hydrogen-bond acceptors (Lipinski definition) is 5. The molecule has 0 aliphatic carbocycles. The maximum atomic E-state index is 5.61. The van der Waals surface area contributed by atoms with Crippen LogP contribution in [0.25, 0.3) is 0 Å². The maximum Gasteiger partial charge on any atom is 0.229 e. The number of aromatic nitrogens is 2. The number of anilines is 3. The van der Waals surface area contributed by atoms with Gasteiger partial charge in [0.2, 0.25) is 5.95 Å². The molecule has 1 aromatic carbocycles. The number of aryl methyl sites for hydroxylation is 1. The lowest BCUT2D eigenvalue weighted by Crippen LogP contribution is -2.11. The van der Waals surface area contributed by atoms with E-state index >= 15 is 0 Å². The van der Waals surface area contributed by atoms with Crippen molar-refractivity contribution in [2.75, 3.05) is 23.8 Å². The van der Waals surface area contributed by atoms with Gasteiger partial charge in [0, 0.05) is 18.3 Å². The summed E-state index contributed by atoms with van der Waals surface area (Å²) < 4.78 is 5.61. The molecular weight excluding hydrogens is 276 g/mol. The Kier molecular flexibility index (Phi) is 5.58. The van der Waals surface area contributed by atoms with Gasteiger partial charge in [0.1, 0.15) is 11.6 Å². The minimum atomic E-state index is 0.561. The number of para-hydroxylation sites is 2. The van der Waals surface area contributed by atoms with E-state index in [2.05, 4.69) is 34.4 Å². The standard InChI is InChI=1S/C17H24N4O/c1-5-22-15-9-7-6-8-14(15)20-17-19-13(4)10-16(21-17)18-11-12(2)3/h6-10,12H,5,11H2,1-4H3,(H2,18,19,20,21). The highest BCUT2D eigenvalue weighted by Crippen LogP contribution is 2.26. The summed E-state index contributed by atoms with van der Waals surface area (Å²) in [7, 11) is 0. The Morgan fingerprint density at radius 2 is 1.95 bits per heavy atom. The molecule has 5 heteroatoms. The van der Waals surface area contributed by atoms with Gasteiger partial charge in [-0.3, -0.25) is 0 Å². The van der Waals surface area contributed by atoms with Crippen LogP contribution in [0.3, 0.4) is 0 Å². The zero-order valence-electron chi connectivity index (χ0n) is 13.7. The molecule has 1 aromatic heterocycles. The first-order valence-corrected chi connectivity index (χ1v) is 7.67. The predicted molar refractivity (Wildman–Crippen MR) is 91.0 cm³/mol. The van der Waals surface area contributed by atoms with Crippen molar-refractivity contribution in [1.82, 2.24) is 9.97 Å². The highest BCUT2D eigenvalue weighted by Gasteiger charge is 2.07. The predicted octanol–water partition coefficient (Wildman–Crippen LogP) is 4.00. The van der Waals surface area contributed by atoms with E-state index in [1.165, 1.54) is 0 Å². The number of ether oxygens (including phenoxy) is 1. The van der Waals surface area contributed by atoms with Crippen LogP contribution in [0, 0.1) is 12.8 Å². The van der Waals surface area contributed by atoms with Gasteiger partial charge in [0.25, 0.3) is 0 Å². The molecular formula is C17H24N4O. The van der Waals surface area contributed by atoms with Crippen LogP contribution in [-0.4, -0.2) is 23.1 Å². The summed E-state index contributed by atoms with van der Waals surface area (Å²) in [6, 6.07) is 9.74. The summed E-state index contributed by atoms with van der Waals surface area (Å²) in [5.41, 5.74) is 1.78. The smallest absolute Gasteiger partial charge is 0.229 e. The molecule has 0 aliphatic rings. The molecule has 0 amide bonds. The van der Waals surface area contributed by atoms with Crippen molar-refractivity contribution < 1.29 is 4.74 Å². The number of nitrogens with one attached hydrogen (secondary N) is 2. The van der Waals surface area contributed by atoms with E-state index in [0.29, 0.717) is 18.5 Å². The van der Waals surface area contributed by atoms with Crippen LogP contribution in [0.5, 0.6) is 5.75 Å². The van der Waals surface area contributed by atoms with Crippen molar-refractivity contribution in [3.63, 3.8) is 0 Å². The van der Waals surface area contributed by atoms with Crippen LogP contribution >= 0.6 is 0 Å². The fraction of sp³-hybridized carbons (Fsp3) is 0.412. The molecule has 0 bridgehead atoms. The summed E-state index contributed by atoms with van der Waals surface area (Å²) in [5, 5.41) is 6.57. The van der Waals surface area contributed by atoms with Gasteiger partial charge in [-0.2, -0.15) is 4.98 Å². The second-order valence-electron chi connectivity index (χ2n) is 5.55. The molecule has 2 N–H and O–H groups in total. The maximum absolute atomic E-state index is 5.61. The van der Waals surface area contributed by atoms with Crippen LogP contribution in [0.4, 0.5) is 17.5 Å². The Morgan fingerprint density at radius 1 is 1.18 bits per heavy atom. The Hall–Kier alpha value is -2.30. The van der Waals surface area contributed by atoms with Crippen LogP contribution in [-0.2, 0) is 0 Å². The zero-order chi connectivity index (χ0) is 15.9. The van der Waals surface area contributed by atoms with Gasteiger partial charge >= 0.3 is 0 Å². The van der Waals surface area contributed by atoms with Crippen LogP contribution < -0.4 is 15.4 Å². The molecule has 0 radical (unpaired) electrons. The quantitative estimate of drug-likeness (QED) is 0.809. The SMILES string of the molecule is CCOc1ccccc1Nc1nc(C)cc(NCC(C)C)n1. The number of benzene rings is 1. The Labute approximate surface area is 132 Å². The molecule has 0 atom stereocenters. The van der Waals surface area contributed by atoms with Crippen molar-refractivity contribution in [3.8, 4) is 5.75 Å². The highest BCUT2D eigenvalue weighted by atomic mass is 16.5. The Morgan fingerprint density at radius 3 is 2.68 bits per heavy atom. The van der Waals surface area contributed by atoms with Crippen molar-refractivity contribution in [3.05, 3.63) is 36.0 Å². The third kappa shape index (κ3) is 4.62. The lowest BCUT2D eigenvalue weighted by molar-refractivity contribution is 0.342. The normalized spacial score (nSPS) is 10.6. The highest BCUT2D eigenvalue weighted by molar-refractivity contribution is 5.63. The number of hydrogen-bond donors (Lipinski definition) is 2. The monoisotopic (exact) mass is 300 g/mol. The Balaban J connectivity index is 2.19. The van der Waals surface area contributed by atoms with E-state index in [1.54, 1.807) is 0 Å². The van der Waals surface area contributed by atoms with E-state index < -0.39 is 0 Å². The lowest BCUT2D eigenvalue weighted by atomic mass is 10.2. The summed E-state index contributed by atoms with van der Waals surface area (Å²) in [4.78, 5) is 8.95. The third-order valence-electron chi connectivity index (χ3n) is 2.98. The third-order valence-corrected chi connectivity index (χ3v) is 2.98. The first kappa shape index (κ1) is 16.1. The zero-order valence-corrected chi connectivity index (χ0v) is 13.7. The first-order chi connectivity index (χ1) is 10.6. The van der Waals surface area contributed by atoms with Gasteiger partial charge in [-0.1, -0.05) is 26.0 Å². The molecule has 22 heavy (non-hydrogen) atoms. The molecule has 0 unspecified atom stereocenters. The molecule has 0 saturated carbocycles. The van der Waals surface area contributed by atoms with E-state index in [4.69, 9.17) is 4.74 Å². The van der Waals surface area contributed by atoms with Gasteiger partial charge in [0.05, 0.1) is 12.3 Å². The summed E-state index contributed by atoms with van der Waals surface area (Å²) in [5.74, 6) is 2.76. The average molecular weight is 300 g/mol. The van der Waals surface area contributed by atoms with Crippen LogP contribution in [0.15, 0.2) is 30.3 Å². The molecule has 0 saturated heterocycles. The van der Waals surface area contributed by atoms with Crippen LogP contribution in [0.2, 0.25) is 0 Å². The number of nitrogens with zero attached hydrogens (tertiary/aromatic N) is 2. The molecule has 5 nitrogen and oxygen atoms in total. The molecule has 1 heterocycles. The minimum absolute atomic E-state index is 0.561. The topological polar surface area (TPSA) is 59.1 Å². The fourth-order valence-electron chi connectivity index (χ4n) is 2.00. The second kappa shape index (κ2) is 7.64. The molecule has 2 aromatic rings. The fourth-order valence-corrected chi connectivity index (χ4v) is 2.00. The van der Waals surface area contributed by atoms with Crippen molar-refractivity contribution in [1.29, 1.82) is 0 Å². The molecule has 0 spiro atoms. The lowest BCUT2D eigenvalue weighted by Gasteiger charge is -2.13. The van der Waals surface area contributed by atoms with Gasteiger partial charge in [0.15, 0.2) is 0 Å². The summed E-state index contributed by atoms with van der Waals surface area (Å²) in [6.07, 6.45) is 0. The van der Waals surface area contributed by atoms with E-state index in [1.807, 2.05) is 44.2 Å². The molecule has 0 aliphatic heterocycles. The van der Waals surface area contributed by atoms with Gasteiger partial charge < -0.3 is 15.4 Å². The van der Waals surface area contributed by atoms with Gasteiger partial charge in [-0.15, -0.1) is 0 Å². The van der Waals surface area contributed by atoms with Crippen molar-refractivity contribution >= 4 is 17.5 Å². The molecule has 118 valence electrons.